The molecule has 0 atom stereocenters. The van der Waals surface area contributed by atoms with Crippen molar-refractivity contribution >= 4 is 28.3 Å². The minimum atomic E-state index is -0.0719. The molecule has 7 heteroatoms. The van der Waals surface area contributed by atoms with Gasteiger partial charge in [0.25, 0.3) is 5.56 Å². The Kier molecular flexibility index (Phi) is 3.75. The lowest BCUT2D eigenvalue weighted by Gasteiger charge is -2.20. The van der Waals surface area contributed by atoms with Gasteiger partial charge in [-0.3, -0.25) is 9.36 Å². The van der Waals surface area contributed by atoms with E-state index in [4.69, 9.17) is 15.2 Å². The number of anilines is 1. The van der Waals surface area contributed by atoms with E-state index >= 15 is 0 Å². The predicted octanol–water partition coefficient (Wildman–Crippen LogP) is 1.56. The highest BCUT2D eigenvalue weighted by molar-refractivity contribution is 14.1. The fraction of sp³-hybridized carbons (Fsp3) is 0.286. The number of halogens is 1. The number of aryl methyl sites for hydroxylation is 1. The highest BCUT2D eigenvalue weighted by Crippen LogP contribution is 2.34. The molecule has 0 saturated heterocycles. The van der Waals surface area contributed by atoms with Gasteiger partial charge in [-0.25, -0.2) is 4.98 Å². The maximum absolute atomic E-state index is 12.2. The van der Waals surface area contributed by atoms with Crippen LogP contribution in [0.3, 0.4) is 0 Å². The maximum atomic E-state index is 12.2. The van der Waals surface area contributed by atoms with Crippen molar-refractivity contribution in [1.29, 1.82) is 0 Å². The highest BCUT2D eigenvalue weighted by atomic mass is 127. The molecule has 1 aliphatic rings. The zero-order valence-electron chi connectivity index (χ0n) is 11.4. The molecular weight excluding hydrogens is 385 g/mol. The predicted molar refractivity (Wildman–Crippen MR) is 86.9 cm³/mol. The standard InChI is InChI=1S/C14H14IN3O3/c1-8-13(15)14(19)18(7-17-8)6-9-4-11-12(5-10(9)16)21-3-2-20-11/h4-5,7H,2-3,6,16H2,1H3. The number of rotatable bonds is 2. The molecule has 0 fully saturated rings. The van der Waals surface area contributed by atoms with Gasteiger partial charge in [-0.1, -0.05) is 0 Å². The van der Waals surface area contributed by atoms with Crippen LogP contribution in [0.1, 0.15) is 11.3 Å². The largest absolute Gasteiger partial charge is 0.486 e. The summed E-state index contributed by atoms with van der Waals surface area (Å²) in [5, 5.41) is 0. The van der Waals surface area contributed by atoms with Gasteiger partial charge in [-0.15, -0.1) is 0 Å². The van der Waals surface area contributed by atoms with E-state index in [-0.39, 0.29) is 5.56 Å². The highest BCUT2D eigenvalue weighted by Gasteiger charge is 2.15. The number of nitrogen functional groups attached to an aromatic ring is 1. The van der Waals surface area contributed by atoms with Crippen molar-refractivity contribution in [3.05, 3.63) is 43.6 Å². The molecule has 21 heavy (non-hydrogen) atoms. The second-order valence-electron chi connectivity index (χ2n) is 4.77. The molecule has 1 aromatic carbocycles. The van der Waals surface area contributed by atoms with Gasteiger partial charge >= 0.3 is 0 Å². The molecule has 0 bridgehead atoms. The second-order valence-corrected chi connectivity index (χ2v) is 5.85. The summed E-state index contributed by atoms with van der Waals surface area (Å²) in [6.07, 6.45) is 1.54. The average molecular weight is 399 g/mol. The zero-order chi connectivity index (χ0) is 15.0. The van der Waals surface area contributed by atoms with Crippen molar-refractivity contribution in [2.75, 3.05) is 18.9 Å². The molecule has 0 saturated carbocycles. The van der Waals surface area contributed by atoms with Crippen LogP contribution in [0.2, 0.25) is 0 Å². The van der Waals surface area contributed by atoms with E-state index in [1.54, 1.807) is 6.07 Å². The molecule has 0 unspecified atom stereocenters. The van der Waals surface area contributed by atoms with Crippen molar-refractivity contribution in [2.24, 2.45) is 0 Å². The molecule has 110 valence electrons. The van der Waals surface area contributed by atoms with E-state index in [0.29, 0.717) is 40.5 Å². The Morgan fingerprint density at radius 2 is 2.00 bits per heavy atom. The van der Waals surface area contributed by atoms with E-state index in [1.165, 1.54) is 10.9 Å². The van der Waals surface area contributed by atoms with Crippen LogP contribution >= 0.6 is 22.6 Å². The lowest BCUT2D eigenvalue weighted by Crippen LogP contribution is -2.25. The number of ether oxygens (including phenoxy) is 2. The fourth-order valence-corrected chi connectivity index (χ4v) is 2.58. The summed E-state index contributed by atoms with van der Waals surface area (Å²) in [5.74, 6) is 1.31. The van der Waals surface area contributed by atoms with Crippen LogP contribution < -0.4 is 20.8 Å². The molecule has 2 heterocycles. The number of benzene rings is 1. The zero-order valence-corrected chi connectivity index (χ0v) is 13.6. The van der Waals surface area contributed by atoms with Crippen LogP contribution in [0.5, 0.6) is 11.5 Å². The maximum Gasteiger partial charge on any atom is 0.267 e. The van der Waals surface area contributed by atoms with E-state index in [9.17, 15) is 4.79 Å². The van der Waals surface area contributed by atoms with E-state index in [0.717, 1.165) is 11.3 Å². The Hall–Kier alpha value is -1.77. The topological polar surface area (TPSA) is 79.4 Å². The molecule has 2 aromatic rings. The molecule has 2 N–H and O–H groups in total. The Labute approximate surface area is 135 Å². The first-order chi connectivity index (χ1) is 10.1. The first-order valence-corrected chi connectivity index (χ1v) is 7.53. The minimum Gasteiger partial charge on any atom is -0.486 e. The summed E-state index contributed by atoms with van der Waals surface area (Å²) in [5.41, 5.74) is 8.07. The van der Waals surface area contributed by atoms with Gasteiger partial charge in [-0.2, -0.15) is 0 Å². The molecule has 0 spiro atoms. The van der Waals surface area contributed by atoms with Crippen LogP contribution in [0, 0.1) is 10.5 Å². The molecule has 1 aromatic heterocycles. The third-order valence-electron chi connectivity index (χ3n) is 3.30. The van der Waals surface area contributed by atoms with E-state index in [1.807, 2.05) is 35.6 Å². The summed E-state index contributed by atoms with van der Waals surface area (Å²) in [6.45, 7) is 3.20. The summed E-state index contributed by atoms with van der Waals surface area (Å²) in [7, 11) is 0. The Morgan fingerprint density at radius 1 is 1.33 bits per heavy atom. The summed E-state index contributed by atoms with van der Waals surface area (Å²) in [6, 6.07) is 3.56. The summed E-state index contributed by atoms with van der Waals surface area (Å²) < 4.78 is 13.2. The smallest absolute Gasteiger partial charge is 0.267 e. The summed E-state index contributed by atoms with van der Waals surface area (Å²) in [4.78, 5) is 16.4. The number of hydrogen-bond donors (Lipinski definition) is 1. The molecule has 6 nitrogen and oxygen atoms in total. The van der Waals surface area contributed by atoms with Gasteiger partial charge < -0.3 is 15.2 Å². The van der Waals surface area contributed by atoms with Crippen LogP contribution in [-0.2, 0) is 6.54 Å². The Balaban J connectivity index is 1.99. The van der Waals surface area contributed by atoms with Crippen molar-refractivity contribution in [1.82, 2.24) is 9.55 Å². The SMILES string of the molecule is Cc1ncn(Cc2cc3c(cc2N)OCCO3)c(=O)c1I. The number of nitrogens with two attached hydrogens (primary N) is 1. The van der Waals surface area contributed by atoms with E-state index < -0.39 is 0 Å². The lowest BCUT2D eigenvalue weighted by molar-refractivity contribution is 0.171. The number of aromatic nitrogens is 2. The van der Waals surface area contributed by atoms with E-state index in [2.05, 4.69) is 4.98 Å². The van der Waals surface area contributed by atoms with Crippen LogP contribution in [-0.4, -0.2) is 22.8 Å². The van der Waals surface area contributed by atoms with Crippen molar-refractivity contribution in [3.63, 3.8) is 0 Å². The summed E-state index contributed by atoms with van der Waals surface area (Å²) >= 11 is 2.01. The molecule has 0 aliphatic carbocycles. The van der Waals surface area contributed by atoms with Crippen molar-refractivity contribution in [3.8, 4) is 11.5 Å². The average Bonchev–Trinajstić information content (AvgIpc) is 2.48. The fourth-order valence-electron chi connectivity index (χ4n) is 2.13. The molecule has 0 radical (unpaired) electrons. The Morgan fingerprint density at radius 3 is 2.71 bits per heavy atom. The van der Waals surface area contributed by atoms with Crippen LogP contribution in [0.4, 0.5) is 5.69 Å². The second kappa shape index (κ2) is 5.55. The third kappa shape index (κ3) is 2.69. The first kappa shape index (κ1) is 14.2. The first-order valence-electron chi connectivity index (χ1n) is 6.46. The number of hydrogen-bond acceptors (Lipinski definition) is 5. The monoisotopic (exact) mass is 399 g/mol. The quantitative estimate of drug-likeness (QED) is 0.613. The molecule has 0 amide bonds. The van der Waals surface area contributed by atoms with Gasteiger partial charge in [0.2, 0.25) is 0 Å². The van der Waals surface area contributed by atoms with Gasteiger partial charge in [0, 0.05) is 11.8 Å². The van der Waals surface area contributed by atoms with Gasteiger partial charge in [0.05, 0.1) is 22.1 Å². The van der Waals surface area contributed by atoms with Crippen LogP contribution in [0.25, 0.3) is 0 Å². The molecular formula is C14H14IN3O3. The molecule has 3 rings (SSSR count). The Bertz CT molecular complexity index is 758. The normalized spacial score (nSPS) is 13.2. The van der Waals surface area contributed by atoms with Gasteiger partial charge in [0.15, 0.2) is 11.5 Å². The third-order valence-corrected chi connectivity index (χ3v) is 4.54. The molecule has 1 aliphatic heterocycles. The minimum absolute atomic E-state index is 0.0719. The van der Waals surface area contributed by atoms with Crippen molar-refractivity contribution in [2.45, 2.75) is 13.5 Å². The number of nitrogens with zero attached hydrogens (tertiary/aromatic N) is 2. The van der Waals surface area contributed by atoms with Gasteiger partial charge in [-0.05, 0) is 41.1 Å². The van der Waals surface area contributed by atoms with Crippen molar-refractivity contribution < 1.29 is 9.47 Å². The number of fused-ring (bicyclic) bond motifs is 1. The lowest BCUT2D eigenvalue weighted by atomic mass is 10.1. The van der Waals surface area contributed by atoms with Crippen LogP contribution in [0.15, 0.2) is 23.3 Å². The van der Waals surface area contributed by atoms with Gasteiger partial charge in [0.1, 0.15) is 13.2 Å².